The van der Waals surface area contributed by atoms with E-state index >= 15 is 0 Å². The number of hydrogen-bond acceptors (Lipinski definition) is 3. The first-order chi connectivity index (χ1) is 8.20. The summed E-state index contributed by atoms with van der Waals surface area (Å²) in [6.45, 7) is 3.81. The molecule has 1 saturated heterocycles. The number of hydrogen-bond donors (Lipinski definition) is 1. The third-order valence-electron chi connectivity index (χ3n) is 3.20. The van der Waals surface area contributed by atoms with Gasteiger partial charge in [0.25, 0.3) is 0 Å². The lowest BCUT2D eigenvalue weighted by Gasteiger charge is -2.31. The van der Waals surface area contributed by atoms with Crippen molar-refractivity contribution in [3.05, 3.63) is 29.8 Å². The van der Waals surface area contributed by atoms with Gasteiger partial charge in [0.2, 0.25) is 0 Å². The first-order valence-electron chi connectivity index (χ1n) is 6.05. The van der Waals surface area contributed by atoms with Gasteiger partial charge < -0.3 is 9.66 Å². The van der Waals surface area contributed by atoms with Crippen LogP contribution in [0.1, 0.15) is 18.4 Å². The van der Waals surface area contributed by atoms with E-state index in [4.69, 9.17) is 0 Å². The Morgan fingerprint density at radius 3 is 2.76 bits per heavy atom. The second-order valence-electron chi connectivity index (χ2n) is 4.64. The number of benzene rings is 1. The quantitative estimate of drug-likeness (QED) is 0.834. The maximum absolute atomic E-state index is 12.3. The normalized spacial score (nSPS) is 23.6. The molecule has 0 amide bonds. The fraction of sp³-hybridized carbons (Fsp3) is 0.538. The minimum absolute atomic E-state index is 0.196. The van der Waals surface area contributed by atoms with Crippen molar-refractivity contribution in [2.45, 2.75) is 24.7 Å². The molecule has 1 N–H and O–H groups in total. The summed E-state index contributed by atoms with van der Waals surface area (Å²) in [5.41, 5.74) is 1.18. The van der Waals surface area contributed by atoms with E-state index in [1.165, 1.54) is 5.56 Å². The molecule has 2 atom stereocenters. The Kier molecular flexibility index (Phi) is 4.45. The molecule has 1 aromatic rings. The van der Waals surface area contributed by atoms with Crippen molar-refractivity contribution in [3.8, 4) is 0 Å². The first kappa shape index (κ1) is 12.9. The maximum atomic E-state index is 12.3. The summed E-state index contributed by atoms with van der Waals surface area (Å²) in [7, 11) is 0. The third kappa shape index (κ3) is 3.22. The van der Waals surface area contributed by atoms with Gasteiger partial charge in [0, 0.05) is 19.7 Å². The smallest absolute Gasteiger partial charge is 0.174 e. The monoisotopic (exact) mass is 253 g/mol. The molecule has 0 saturated carbocycles. The number of aryl methyl sites for hydroxylation is 1. The molecule has 1 heterocycles. The lowest BCUT2D eigenvalue weighted by atomic mass is 10.0. The van der Waals surface area contributed by atoms with Crippen molar-refractivity contribution < 1.29 is 9.66 Å². The van der Waals surface area contributed by atoms with Gasteiger partial charge in [0.05, 0.1) is 11.4 Å². The van der Waals surface area contributed by atoms with Crippen LogP contribution in [-0.4, -0.2) is 33.7 Å². The highest BCUT2D eigenvalue weighted by Crippen LogP contribution is 2.23. The summed E-state index contributed by atoms with van der Waals surface area (Å²) < 4.78 is 14.3. The fourth-order valence-electron chi connectivity index (χ4n) is 2.13. The minimum Gasteiger partial charge on any atom is -0.593 e. The van der Waals surface area contributed by atoms with Crippen LogP contribution in [0.2, 0.25) is 0 Å². The van der Waals surface area contributed by atoms with E-state index in [0.717, 1.165) is 30.8 Å². The van der Waals surface area contributed by atoms with E-state index in [-0.39, 0.29) is 12.5 Å². The predicted molar refractivity (Wildman–Crippen MR) is 69.0 cm³/mol. The summed E-state index contributed by atoms with van der Waals surface area (Å²) in [4.78, 5) is 0.856. The van der Waals surface area contributed by atoms with Crippen LogP contribution in [0.5, 0.6) is 0 Å². The van der Waals surface area contributed by atoms with Crippen molar-refractivity contribution in [1.29, 1.82) is 0 Å². The second kappa shape index (κ2) is 5.87. The van der Waals surface area contributed by atoms with Crippen LogP contribution in [0, 0.1) is 12.8 Å². The Morgan fingerprint density at radius 1 is 1.41 bits per heavy atom. The van der Waals surface area contributed by atoms with Gasteiger partial charge in [-0.3, -0.25) is 0 Å². The largest absolute Gasteiger partial charge is 0.593 e. The van der Waals surface area contributed by atoms with E-state index in [0.29, 0.717) is 0 Å². The summed E-state index contributed by atoms with van der Waals surface area (Å²) >= 11 is -1.08. The molecular formula is C13H19NO2S. The highest BCUT2D eigenvalue weighted by Gasteiger charge is 2.28. The minimum atomic E-state index is -1.08. The molecule has 4 heteroatoms. The zero-order valence-electron chi connectivity index (χ0n) is 10.1. The zero-order chi connectivity index (χ0) is 12.3. The van der Waals surface area contributed by atoms with Gasteiger partial charge >= 0.3 is 0 Å². The Balaban J connectivity index is 2.03. The lowest BCUT2D eigenvalue weighted by Crippen LogP contribution is -2.40. The molecule has 0 spiro atoms. The standard InChI is InChI=1S/C13H19NO2S/c1-11-4-6-13(7-5-11)17(16)14-8-2-3-12(9-14)10-15/h4-7,12,15H,2-3,8-10H2,1H3. The molecule has 1 aliphatic rings. The number of aliphatic hydroxyl groups excluding tert-OH is 1. The average molecular weight is 253 g/mol. The number of aliphatic hydroxyl groups is 1. The molecule has 3 nitrogen and oxygen atoms in total. The van der Waals surface area contributed by atoms with Crippen LogP contribution in [0.15, 0.2) is 29.2 Å². The van der Waals surface area contributed by atoms with Crippen LogP contribution in [-0.2, 0) is 11.4 Å². The Bertz CT molecular complexity index is 355. The van der Waals surface area contributed by atoms with E-state index in [1.54, 1.807) is 0 Å². The third-order valence-corrected chi connectivity index (χ3v) is 4.67. The van der Waals surface area contributed by atoms with Gasteiger partial charge in [-0.25, -0.2) is 0 Å². The fourth-order valence-corrected chi connectivity index (χ4v) is 3.44. The first-order valence-corrected chi connectivity index (χ1v) is 7.15. The Hall–Kier alpha value is -0.550. The zero-order valence-corrected chi connectivity index (χ0v) is 10.9. The highest BCUT2D eigenvalue weighted by atomic mass is 32.2. The molecule has 0 aliphatic carbocycles. The number of rotatable bonds is 3. The van der Waals surface area contributed by atoms with Gasteiger partial charge in [-0.2, -0.15) is 0 Å². The molecule has 1 aromatic carbocycles. The second-order valence-corrected chi connectivity index (χ2v) is 6.13. The van der Waals surface area contributed by atoms with Gasteiger partial charge in [-0.15, -0.1) is 4.31 Å². The van der Waals surface area contributed by atoms with Crippen LogP contribution in [0.25, 0.3) is 0 Å². The molecule has 17 heavy (non-hydrogen) atoms. The van der Waals surface area contributed by atoms with Crippen molar-refractivity contribution in [3.63, 3.8) is 0 Å². The number of nitrogens with zero attached hydrogens (tertiary/aromatic N) is 1. The summed E-state index contributed by atoms with van der Waals surface area (Å²) in [6.07, 6.45) is 2.06. The molecule has 94 valence electrons. The van der Waals surface area contributed by atoms with Gasteiger partial charge in [-0.1, -0.05) is 17.7 Å². The van der Waals surface area contributed by atoms with Crippen LogP contribution >= 0.6 is 0 Å². The van der Waals surface area contributed by atoms with Gasteiger partial charge in [-0.05, 0) is 37.8 Å². The maximum Gasteiger partial charge on any atom is 0.174 e. The van der Waals surface area contributed by atoms with E-state index < -0.39 is 11.4 Å². The summed E-state index contributed by atoms with van der Waals surface area (Å²) in [6, 6.07) is 7.82. The molecule has 1 fully saturated rings. The number of piperidine rings is 1. The van der Waals surface area contributed by atoms with Crippen molar-refractivity contribution in [2.24, 2.45) is 5.92 Å². The average Bonchev–Trinajstić information content (AvgIpc) is 2.39. The molecule has 0 aromatic heterocycles. The van der Waals surface area contributed by atoms with E-state index in [2.05, 4.69) is 0 Å². The van der Waals surface area contributed by atoms with Crippen molar-refractivity contribution >= 4 is 11.4 Å². The highest BCUT2D eigenvalue weighted by molar-refractivity contribution is 7.89. The topological polar surface area (TPSA) is 46.5 Å². The summed E-state index contributed by atoms with van der Waals surface area (Å²) in [5.74, 6) is 0.276. The van der Waals surface area contributed by atoms with Gasteiger partial charge in [0.15, 0.2) is 4.90 Å². The Morgan fingerprint density at radius 2 is 2.12 bits per heavy atom. The SMILES string of the molecule is Cc1ccc([S+]([O-])N2CCCC(CO)C2)cc1. The Labute approximate surface area is 106 Å². The van der Waals surface area contributed by atoms with E-state index in [9.17, 15) is 9.66 Å². The summed E-state index contributed by atoms with van der Waals surface area (Å²) in [5, 5.41) is 9.17. The van der Waals surface area contributed by atoms with Gasteiger partial charge in [0.1, 0.15) is 0 Å². The molecule has 2 rings (SSSR count). The predicted octanol–water partition coefficient (Wildman–Crippen LogP) is 1.72. The van der Waals surface area contributed by atoms with Crippen molar-refractivity contribution in [1.82, 2.24) is 4.31 Å². The molecule has 0 radical (unpaired) electrons. The van der Waals surface area contributed by atoms with Crippen LogP contribution < -0.4 is 0 Å². The molecular weight excluding hydrogens is 234 g/mol. The molecule has 0 bridgehead atoms. The van der Waals surface area contributed by atoms with E-state index in [1.807, 2.05) is 35.5 Å². The van der Waals surface area contributed by atoms with Crippen LogP contribution in [0.4, 0.5) is 0 Å². The van der Waals surface area contributed by atoms with Crippen LogP contribution in [0.3, 0.4) is 0 Å². The lowest BCUT2D eigenvalue weighted by molar-refractivity contribution is 0.165. The molecule has 2 unspecified atom stereocenters. The van der Waals surface area contributed by atoms with Crippen molar-refractivity contribution in [2.75, 3.05) is 19.7 Å². The molecule has 1 aliphatic heterocycles.